The Morgan fingerprint density at radius 3 is 2.50 bits per heavy atom. The Morgan fingerprint density at radius 2 is 2.00 bits per heavy atom. The smallest absolute Gasteiger partial charge is 0.0325 e. The number of nitrogens with one attached hydrogen (secondary N) is 1. The predicted octanol–water partition coefficient (Wildman–Crippen LogP) is 1.69. The highest BCUT2D eigenvalue weighted by Crippen LogP contribution is 1.67. The molecule has 0 radical (unpaired) electrons. The molecular formula is C7H13N. The Balaban J connectivity index is 2.93. The van der Waals surface area contributed by atoms with Gasteiger partial charge in [-0.3, -0.25) is 0 Å². The van der Waals surface area contributed by atoms with Gasteiger partial charge in [-0.25, -0.2) is 0 Å². The lowest BCUT2D eigenvalue weighted by Crippen LogP contribution is -2.02. The Kier molecular flexibility index (Phi) is 5.71. The summed E-state index contributed by atoms with van der Waals surface area (Å²) in [6.07, 6.45) is 8.00. The summed E-state index contributed by atoms with van der Waals surface area (Å²) in [4.78, 5) is 0. The van der Waals surface area contributed by atoms with Gasteiger partial charge in [0.2, 0.25) is 0 Å². The summed E-state index contributed by atoms with van der Waals surface area (Å²) in [5.74, 6) is 0. The fourth-order valence-electron chi connectivity index (χ4n) is 0.372. The van der Waals surface area contributed by atoms with E-state index in [1.54, 1.807) is 0 Å². The number of hydrogen-bond acceptors (Lipinski definition) is 1. The molecule has 0 aliphatic rings. The van der Waals surface area contributed by atoms with Crippen LogP contribution in [0, 0.1) is 0 Å². The van der Waals surface area contributed by atoms with Gasteiger partial charge in [0, 0.05) is 6.54 Å². The molecular weight excluding hydrogens is 98.1 g/mol. The second-order valence-corrected chi connectivity index (χ2v) is 1.48. The van der Waals surface area contributed by atoms with Crippen molar-refractivity contribution in [3.63, 3.8) is 0 Å². The minimum atomic E-state index is 0.931. The first-order valence-electron chi connectivity index (χ1n) is 2.87. The molecule has 1 N–H and O–H groups in total. The van der Waals surface area contributed by atoms with Gasteiger partial charge in [0.1, 0.15) is 0 Å². The molecule has 8 heavy (non-hydrogen) atoms. The van der Waals surface area contributed by atoms with Crippen LogP contribution >= 0.6 is 0 Å². The van der Waals surface area contributed by atoms with Crippen LogP contribution in [0.1, 0.15) is 13.8 Å². The number of allylic oxidation sites excluding steroid dienone is 2. The van der Waals surface area contributed by atoms with E-state index >= 15 is 0 Å². The van der Waals surface area contributed by atoms with Crippen LogP contribution in [0.25, 0.3) is 0 Å². The lowest BCUT2D eigenvalue weighted by atomic mass is 10.5. The molecule has 0 saturated heterocycles. The van der Waals surface area contributed by atoms with Crippen LogP contribution in [0.5, 0.6) is 0 Å². The van der Waals surface area contributed by atoms with Crippen LogP contribution in [0.4, 0.5) is 0 Å². The van der Waals surface area contributed by atoms with Crippen LogP contribution in [0.2, 0.25) is 0 Å². The van der Waals surface area contributed by atoms with Crippen molar-refractivity contribution >= 4 is 0 Å². The van der Waals surface area contributed by atoms with E-state index in [1.165, 1.54) is 0 Å². The minimum Gasteiger partial charge on any atom is -0.388 e. The van der Waals surface area contributed by atoms with E-state index in [9.17, 15) is 0 Å². The summed E-state index contributed by atoms with van der Waals surface area (Å²) in [7, 11) is 0. The highest BCUT2D eigenvalue weighted by Gasteiger charge is 1.65. The Hall–Kier alpha value is -0.720. The van der Waals surface area contributed by atoms with E-state index in [4.69, 9.17) is 0 Å². The van der Waals surface area contributed by atoms with Gasteiger partial charge >= 0.3 is 0 Å². The van der Waals surface area contributed by atoms with Crippen LogP contribution in [0.15, 0.2) is 24.4 Å². The third kappa shape index (κ3) is 5.28. The monoisotopic (exact) mass is 111 g/mol. The maximum absolute atomic E-state index is 3.07. The predicted molar refractivity (Wildman–Crippen MR) is 37.6 cm³/mol. The summed E-state index contributed by atoms with van der Waals surface area (Å²) in [6, 6.07) is 0. The summed E-state index contributed by atoms with van der Waals surface area (Å²) in [5.41, 5.74) is 0. The first-order valence-corrected chi connectivity index (χ1v) is 2.87. The maximum atomic E-state index is 3.07. The normalized spacial score (nSPS) is 11.2. The zero-order chi connectivity index (χ0) is 6.24. The molecule has 46 valence electrons. The average molecular weight is 111 g/mol. The third-order valence-corrected chi connectivity index (χ3v) is 0.756. The van der Waals surface area contributed by atoms with Crippen molar-refractivity contribution in [2.45, 2.75) is 13.8 Å². The van der Waals surface area contributed by atoms with Crippen LogP contribution < -0.4 is 5.32 Å². The van der Waals surface area contributed by atoms with E-state index in [-0.39, 0.29) is 0 Å². The second kappa shape index (κ2) is 6.28. The Labute approximate surface area is 51.1 Å². The molecule has 0 bridgehead atoms. The summed E-state index contributed by atoms with van der Waals surface area (Å²) < 4.78 is 0. The van der Waals surface area contributed by atoms with Crippen molar-refractivity contribution in [3.8, 4) is 0 Å². The van der Waals surface area contributed by atoms with Gasteiger partial charge in [0.25, 0.3) is 0 Å². The third-order valence-electron chi connectivity index (χ3n) is 0.756. The molecule has 0 aromatic carbocycles. The molecule has 0 amide bonds. The Morgan fingerprint density at radius 1 is 1.25 bits per heavy atom. The van der Waals surface area contributed by atoms with Crippen LogP contribution in [-0.2, 0) is 0 Å². The molecule has 1 nitrogen and oxygen atoms in total. The van der Waals surface area contributed by atoms with Crippen molar-refractivity contribution in [3.05, 3.63) is 24.4 Å². The molecule has 0 aromatic heterocycles. The number of hydrogen-bond donors (Lipinski definition) is 1. The molecule has 1 heteroatoms. The SMILES string of the molecule is C/C=C\NC/C=C/C. The fourth-order valence-corrected chi connectivity index (χ4v) is 0.372. The topological polar surface area (TPSA) is 12.0 Å². The van der Waals surface area contributed by atoms with Crippen molar-refractivity contribution in [2.75, 3.05) is 6.54 Å². The lowest BCUT2D eigenvalue weighted by molar-refractivity contribution is 0.981. The van der Waals surface area contributed by atoms with Gasteiger partial charge in [-0.2, -0.15) is 0 Å². The average Bonchev–Trinajstić information content (AvgIpc) is 1.81. The van der Waals surface area contributed by atoms with Crippen molar-refractivity contribution < 1.29 is 0 Å². The van der Waals surface area contributed by atoms with E-state index in [0.717, 1.165) is 6.54 Å². The minimum absolute atomic E-state index is 0.931. The van der Waals surface area contributed by atoms with Gasteiger partial charge in [-0.05, 0) is 20.0 Å². The quantitative estimate of drug-likeness (QED) is 0.431. The highest BCUT2D eigenvalue weighted by atomic mass is 14.8. The van der Waals surface area contributed by atoms with Crippen LogP contribution in [0.3, 0.4) is 0 Å². The van der Waals surface area contributed by atoms with Crippen molar-refractivity contribution in [1.82, 2.24) is 5.32 Å². The first-order chi connectivity index (χ1) is 3.91. The number of rotatable bonds is 3. The van der Waals surface area contributed by atoms with Crippen molar-refractivity contribution in [1.29, 1.82) is 0 Å². The van der Waals surface area contributed by atoms with E-state index in [1.807, 2.05) is 32.2 Å². The molecule has 0 spiro atoms. The zero-order valence-electron chi connectivity index (χ0n) is 5.52. The Bertz CT molecular complexity index is 70.4. The molecule has 0 aliphatic heterocycles. The summed E-state index contributed by atoms with van der Waals surface area (Å²) in [6.45, 7) is 4.93. The summed E-state index contributed by atoms with van der Waals surface area (Å²) in [5, 5.41) is 3.07. The summed E-state index contributed by atoms with van der Waals surface area (Å²) >= 11 is 0. The van der Waals surface area contributed by atoms with Gasteiger partial charge in [-0.1, -0.05) is 18.2 Å². The van der Waals surface area contributed by atoms with E-state index < -0.39 is 0 Å². The highest BCUT2D eigenvalue weighted by molar-refractivity contribution is 4.83. The van der Waals surface area contributed by atoms with E-state index in [0.29, 0.717) is 0 Å². The molecule has 0 aliphatic carbocycles. The molecule has 0 aromatic rings. The standard InChI is InChI=1S/C7H13N/c1-3-5-7-8-6-4-2/h3-6,8H,7H2,1-2H3/b5-3+,6-4-. The fraction of sp³-hybridized carbons (Fsp3) is 0.429. The maximum Gasteiger partial charge on any atom is 0.0325 e. The zero-order valence-corrected chi connectivity index (χ0v) is 5.52. The van der Waals surface area contributed by atoms with Crippen LogP contribution in [-0.4, -0.2) is 6.54 Å². The second-order valence-electron chi connectivity index (χ2n) is 1.48. The molecule has 0 heterocycles. The van der Waals surface area contributed by atoms with Crippen molar-refractivity contribution in [2.24, 2.45) is 0 Å². The lowest BCUT2D eigenvalue weighted by Gasteiger charge is -1.89. The molecule has 0 saturated carbocycles. The van der Waals surface area contributed by atoms with Gasteiger partial charge in [0.05, 0.1) is 0 Å². The van der Waals surface area contributed by atoms with Gasteiger partial charge in [-0.15, -0.1) is 0 Å². The molecule has 0 unspecified atom stereocenters. The van der Waals surface area contributed by atoms with Gasteiger partial charge < -0.3 is 5.32 Å². The first kappa shape index (κ1) is 7.28. The van der Waals surface area contributed by atoms with E-state index in [2.05, 4.69) is 11.4 Å². The molecule has 0 fully saturated rings. The molecule has 0 atom stereocenters. The van der Waals surface area contributed by atoms with Gasteiger partial charge in [0.15, 0.2) is 0 Å². The molecule has 0 rings (SSSR count). The largest absolute Gasteiger partial charge is 0.388 e.